The lowest BCUT2D eigenvalue weighted by molar-refractivity contribution is -0.218. The Morgan fingerprint density at radius 1 is 1.16 bits per heavy atom. The minimum Gasteiger partial charge on any atom is -0.453 e. The Labute approximate surface area is 113 Å². The Morgan fingerprint density at radius 2 is 1.63 bits per heavy atom. The third-order valence-electron chi connectivity index (χ3n) is 4.19. The average Bonchev–Trinajstić information content (AvgIpc) is 2.09. The molecule has 6 heteroatoms. The van der Waals surface area contributed by atoms with Gasteiger partial charge in [-0.05, 0) is 56.0 Å². The summed E-state index contributed by atoms with van der Waals surface area (Å²) in [5, 5.41) is 0.170. The van der Waals surface area contributed by atoms with Crippen LogP contribution in [0.5, 0.6) is 0 Å². The van der Waals surface area contributed by atoms with E-state index in [-0.39, 0.29) is 5.16 Å². The van der Waals surface area contributed by atoms with Crippen LogP contribution in [0.4, 0.5) is 13.2 Å². The monoisotopic (exact) mass is 296 g/mol. The zero-order valence-electron chi connectivity index (χ0n) is 11.2. The Bertz CT molecular complexity index is 363. The van der Waals surface area contributed by atoms with Crippen LogP contribution in [0.1, 0.15) is 46.0 Å². The van der Waals surface area contributed by atoms with Crippen molar-refractivity contribution in [1.29, 1.82) is 0 Å². The van der Waals surface area contributed by atoms with Gasteiger partial charge in [-0.15, -0.1) is 9.24 Å². The molecule has 0 spiro atoms. The first-order valence-electron chi connectivity index (χ1n) is 6.58. The van der Waals surface area contributed by atoms with E-state index in [2.05, 4.69) is 16.2 Å². The van der Waals surface area contributed by atoms with Crippen molar-refractivity contribution in [3.05, 3.63) is 0 Å². The molecule has 110 valence electrons. The van der Waals surface area contributed by atoms with Crippen LogP contribution < -0.4 is 0 Å². The van der Waals surface area contributed by atoms with Crippen molar-refractivity contribution in [1.82, 2.24) is 0 Å². The molecule has 2 bridgehead atoms. The highest BCUT2D eigenvalue weighted by Gasteiger charge is 2.50. The molecule has 0 N–H and O–H groups in total. The smallest absolute Gasteiger partial charge is 0.453 e. The molecular weight excluding hydrogens is 276 g/mol. The number of esters is 1. The average molecular weight is 296 g/mol. The molecule has 0 aromatic carbocycles. The maximum Gasteiger partial charge on any atom is 0.490 e. The predicted octanol–water partition coefficient (Wildman–Crippen LogP) is 3.69. The van der Waals surface area contributed by atoms with Gasteiger partial charge in [-0.25, -0.2) is 4.79 Å². The van der Waals surface area contributed by atoms with Gasteiger partial charge in [-0.2, -0.15) is 13.2 Å². The number of halogens is 3. The van der Waals surface area contributed by atoms with Crippen LogP contribution in [0, 0.1) is 11.8 Å². The molecule has 0 aliphatic heterocycles. The lowest BCUT2D eigenvalue weighted by atomic mass is 9.63. The van der Waals surface area contributed by atoms with E-state index in [0.717, 1.165) is 19.3 Å². The minimum absolute atomic E-state index is 0.170. The van der Waals surface area contributed by atoms with E-state index in [4.69, 9.17) is 4.74 Å². The van der Waals surface area contributed by atoms with Gasteiger partial charge in [0.1, 0.15) is 5.60 Å². The number of alkyl halides is 3. The Morgan fingerprint density at radius 3 is 2.05 bits per heavy atom. The normalized spacial score (nSPS) is 42.8. The second kappa shape index (κ2) is 4.61. The van der Waals surface area contributed by atoms with E-state index in [0.29, 0.717) is 24.7 Å². The molecular formula is C13H20F3O2P. The highest BCUT2D eigenvalue weighted by molar-refractivity contribution is 7.18. The molecule has 2 rings (SSSR count). The fraction of sp³-hybridized carbons (Fsp3) is 0.923. The molecule has 2 saturated carbocycles. The van der Waals surface area contributed by atoms with Gasteiger partial charge < -0.3 is 4.74 Å². The van der Waals surface area contributed by atoms with Crippen molar-refractivity contribution in [2.24, 2.45) is 11.8 Å². The Balaban J connectivity index is 2.05. The van der Waals surface area contributed by atoms with E-state index in [1.165, 1.54) is 0 Å². The van der Waals surface area contributed by atoms with Gasteiger partial charge >= 0.3 is 12.1 Å². The van der Waals surface area contributed by atoms with Crippen molar-refractivity contribution in [3.63, 3.8) is 0 Å². The van der Waals surface area contributed by atoms with E-state index in [1.54, 1.807) is 6.92 Å². The summed E-state index contributed by atoms with van der Waals surface area (Å²) in [5.41, 5.74) is -0.957. The van der Waals surface area contributed by atoms with Crippen molar-refractivity contribution in [2.45, 2.75) is 62.9 Å². The summed E-state index contributed by atoms with van der Waals surface area (Å²) in [5.74, 6) is -1.36. The fourth-order valence-corrected chi connectivity index (χ4v) is 4.69. The number of rotatable bonds is 1. The number of hydrogen-bond acceptors (Lipinski definition) is 2. The van der Waals surface area contributed by atoms with Gasteiger partial charge in [0.25, 0.3) is 0 Å². The molecule has 0 radical (unpaired) electrons. The van der Waals surface area contributed by atoms with E-state index < -0.39 is 17.7 Å². The number of fused-ring (bicyclic) bond motifs is 2. The van der Waals surface area contributed by atoms with E-state index >= 15 is 0 Å². The van der Waals surface area contributed by atoms with Crippen LogP contribution in [0.15, 0.2) is 0 Å². The maximum absolute atomic E-state index is 12.3. The summed E-state index contributed by atoms with van der Waals surface area (Å²) in [6.45, 7) is 3.81. The SMILES string of the molecule is CC1(P)CC2CC(C1)CC(C)(OC(=O)C(F)(F)F)C2. The van der Waals surface area contributed by atoms with Crippen LogP contribution in [0.2, 0.25) is 0 Å². The molecule has 2 fully saturated rings. The van der Waals surface area contributed by atoms with Crippen LogP contribution in [-0.2, 0) is 9.53 Å². The lowest BCUT2D eigenvalue weighted by Gasteiger charge is -2.49. The zero-order valence-corrected chi connectivity index (χ0v) is 12.4. The van der Waals surface area contributed by atoms with Gasteiger partial charge in [-0.3, -0.25) is 0 Å². The van der Waals surface area contributed by atoms with E-state index in [9.17, 15) is 18.0 Å². The molecule has 0 amide bonds. The first-order valence-corrected chi connectivity index (χ1v) is 7.16. The summed E-state index contributed by atoms with van der Waals surface area (Å²) in [6.07, 6.45) is -0.848. The van der Waals surface area contributed by atoms with Crippen LogP contribution in [0.25, 0.3) is 0 Å². The summed E-state index contributed by atoms with van der Waals surface area (Å²) in [7, 11) is 2.86. The number of carbonyl (C=O) groups excluding carboxylic acids is 1. The highest BCUT2D eigenvalue weighted by atomic mass is 31.0. The van der Waals surface area contributed by atoms with Gasteiger partial charge in [0, 0.05) is 0 Å². The molecule has 19 heavy (non-hydrogen) atoms. The first kappa shape index (κ1) is 15.1. The largest absolute Gasteiger partial charge is 0.490 e. The number of ether oxygens (including phenoxy) is 1. The zero-order chi connectivity index (χ0) is 14.5. The third kappa shape index (κ3) is 3.62. The molecule has 2 nitrogen and oxygen atoms in total. The molecule has 3 atom stereocenters. The van der Waals surface area contributed by atoms with Crippen LogP contribution in [-0.4, -0.2) is 22.9 Å². The predicted molar refractivity (Wildman–Crippen MR) is 68.7 cm³/mol. The third-order valence-corrected chi connectivity index (χ3v) is 4.66. The van der Waals surface area contributed by atoms with Crippen LogP contribution in [0.3, 0.4) is 0 Å². The standard InChI is InChI=1S/C13H20F3O2P/c1-11(18-10(17)13(14,15)16)4-8-3-9(5-11)7-12(2,19)6-8/h8-9H,3-7,19H2,1-2H3. The van der Waals surface area contributed by atoms with Crippen molar-refractivity contribution < 1.29 is 22.7 Å². The summed E-state index contributed by atoms with van der Waals surface area (Å²) < 4.78 is 41.7. The second-order valence-electron chi connectivity index (χ2n) is 6.78. The maximum atomic E-state index is 12.3. The molecule has 2 aliphatic carbocycles. The summed E-state index contributed by atoms with van der Waals surface area (Å²) in [6, 6.07) is 0. The van der Waals surface area contributed by atoms with Gasteiger partial charge in [0.15, 0.2) is 0 Å². The van der Waals surface area contributed by atoms with Gasteiger partial charge in [-0.1, -0.05) is 6.92 Å². The topological polar surface area (TPSA) is 26.3 Å². The Hall–Kier alpha value is -0.310. The minimum atomic E-state index is -4.90. The van der Waals surface area contributed by atoms with Gasteiger partial charge in [0.05, 0.1) is 0 Å². The quantitative estimate of drug-likeness (QED) is 0.545. The Kier molecular flexibility index (Phi) is 3.66. The summed E-state index contributed by atoms with van der Waals surface area (Å²) in [4.78, 5) is 11.0. The molecule has 2 aliphatic rings. The van der Waals surface area contributed by atoms with E-state index in [1.807, 2.05) is 0 Å². The number of hydrogen-bond donors (Lipinski definition) is 0. The molecule has 0 saturated heterocycles. The van der Waals surface area contributed by atoms with Crippen molar-refractivity contribution in [3.8, 4) is 0 Å². The fourth-order valence-electron chi connectivity index (χ4n) is 4.02. The second-order valence-corrected chi connectivity index (χ2v) is 8.17. The van der Waals surface area contributed by atoms with Gasteiger partial charge in [0.2, 0.25) is 0 Å². The summed E-state index contributed by atoms with van der Waals surface area (Å²) >= 11 is 0. The first-order chi connectivity index (χ1) is 8.49. The molecule has 0 heterocycles. The molecule has 0 aromatic rings. The molecule has 3 unspecified atom stereocenters. The highest BCUT2D eigenvalue weighted by Crippen LogP contribution is 2.52. The molecule has 0 aromatic heterocycles. The number of carbonyl (C=O) groups is 1. The van der Waals surface area contributed by atoms with Crippen molar-refractivity contribution in [2.75, 3.05) is 0 Å². The van der Waals surface area contributed by atoms with Crippen LogP contribution >= 0.6 is 9.24 Å². The van der Waals surface area contributed by atoms with Crippen molar-refractivity contribution >= 4 is 15.2 Å². The lowest BCUT2D eigenvalue weighted by Crippen LogP contribution is -2.48.